The number of likely N-dealkylation sites (tertiary alicyclic amines) is 2. The third-order valence-electron chi connectivity index (χ3n) is 14.6. The number of nitrogens with zero attached hydrogens (tertiary/aromatic N) is 8. The van der Waals surface area contributed by atoms with Gasteiger partial charge < -0.3 is 35.2 Å². The van der Waals surface area contributed by atoms with Crippen molar-refractivity contribution in [2.24, 2.45) is 10.8 Å². The molecule has 0 bridgehead atoms. The van der Waals surface area contributed by atoms with Gasteiger partial charge in [0.15, 0.2) is 17.5 Å². The van der Waals surface area contributed by atoms with E-state index in [1.165, 1.54) is 30.2 Å². The predicted octanol–water partition coefficient (Wildman–Crippen LogP) is 7.75. The minimum absolute atomic E-state index is 0.0464. The van der Waals surface area contributed by atoms with E-state index in [0.29, 0.717) is 54.1 Å². The summed E-state index contributed by atoms with van der Waals surface area (Å²) < 4.78 is 12.4. The maximum atomic E-state index is 14.1. The summed E-state index contributed by atoms with van der Waals surface area (Å²) in [5.41, 5.74) is 8.05. The quantitative estimate of drug-likeness (QED) is 0.0728. The molecule has 1 saturated carbocycles. The van der Waals surface area contributed by atoms with Crippen molar-refractivity contribution < 1.29 is 33.4 Å². The fourth-order valence-electron chi connectivity index (χ4n) is 10.6. The molecule has 7 heterocycles. The average molecular weight is 1070 g/mol. The smallest absolute Gasteiger partial charge is 0.411 e. The Hall–Kier alpha value is -7.10. The maximum Gasteiger partial charge on any atom is 0.411 e. The SMILES string of the molecule is Cc1ncc(-c2ccc3nc(NC(=O)CN4CC5(C4)CN(c4ncc(OCC(=O)NC(C(=O)N6CCCC6C(=O)NCc6ccc(-c7scnc7C)cc6)C(C)(C)C)cn4)C5)sc3c2)cc1NC(=O)OC1CCCCC1. The monoisotopic (exact) mass is 1070 g/mol. The van der Waals surface area contributed by atoms with Gasteiger partial charge in [-0.05, 0) is 92.7 Å². The van der Waals surface area contributed by atoms with Gasteiger partial charge in [0, 0.05) is 56.4 Å². The van der Waals surface area contributed by atoms with Crippen LogP contribution in [-0.2, 0) is 30.5 Å². The molecule has 0 radical (unpaired) electrons. The number of fused-ring (bicyclic) bond motifs is 1. The molecule has 2 atom stereocenters. The zero-order valence-electron chi connectivity index (χ0n) is 43.5. The molecule has 21 heteroatoms. The zero-order valence-corrected chi connectivity index (χ0v) is 45.2. The number of aryl methyl sites for hydroxylation is 2. The summed E-state index contributed by atoms with van der Waals surface area (Å²) in [6, 6.07) is 14.3. The summed E-state index contributed by atoms with van der Waals surface area (Å²) in [6.45, 7) is 13.1. The van der Waals surface area contributed by atoms with Crippen molar-refractivity contribution >= 4 is 79.4 Å². The summed E-state index contributed by atoms with van der Waals surface area (Å²) >= 11 is 3.00. The first-order chi connectivity index (χ1) is 36.5. The van der Waals surface area contributed by atoms with Crippen LogP contribution in [0.5, 0.6) is 5.75 Å². The molecule has 398 valence electrons. The van der Waals surface area contributed by atoms with Crippen LogP contribution >= 0.6 is 22.7 Å². The van der Waals surface area contributed by atoms with Gasteiger partial charge in [0.05, 0.1) is 56.6 Å². The van der Waals surface area contributed by atoms with Crippen molar-refractivity contribution in [3.05, 3.63) is 89.6 Å². The van der Waals surface area contributed by atoms with E-state index < -0.39 is 29.5 Å². The predicted molar refractivity (Wildman–Crippen MR) is 292 cm³/mol. The fraction of sp³-hybridized carbons (Fsp3) is 0.455. The second kappa shape index (κ2) is 22.2. The Kier molecular flexibility index (Phi) is 15.3. The molecule has 1 aliphatic carbocycles. The van der Waals surface area contributed by atoms with Crippen LogP contribution in [0.2, 0.25) is 0 Å². The van der Waals surface area contributed by atoms with Gasteiger partial charge in [-0.1, -0.05) is 68.9 Å². The molecule has 4 aromatic heterocycles. The van der Waals surface area contributed by atoms with E-state index in [-0.39, 0.29) is 42.4 Å². The normalized spacial score (nSPS) is 17.9. The minimum atomic E-state index is -0.893. The molecular weight excluding hydrogens is 1000 g/mol. The van der Waals surface area contributed by atoms with E-state index >= 15 is 0 Å². The van der Waals surface area contributed by atoms with Crippen molar-refractivity contribution in [2.45, 2.75) is 104 Å². The largest absolute Gasteiger partial charge is 0.481 e. The Balaban J connectivity index is 0.644. The molecule has 4 aliphatic rings. The Morgan fingerprint density at radius 3 is 2.28 bits per heavy atom. The van der Waals surface area contributed by atoms with Crippen LogP contribution in [0, 0.1) is 24.7 Å². The third-order valence-corrected chi connectivity index (χ3v) is 16.5. The molecule has 76 heavy (non-hydrogen) atoms. The highest BCUT2D eigenvalue weighted by atomic mass is 32.1. The number of hydrogen-bond donors (Lipinski definition) is 4. The zero-order chi connectivity index (χ0) is 53.1. The summed E-state index contributed by atoms with van der Waals surface area (Å²) in [5.74, 6) is -0.283. The molecule has 3 aliphatic heterocycles. The van der Waals surface area contributed by atoms with Gasteiger partial charge in [0.25, 0.3) is 5.91 Å². The van der Waals surface area contributed by atoms with Gasteiger partial charge in [0.1, 0.15) is 18.2 Å². The number of carbonyl (C=O) groups is 5. The van der Waals surface area contributed by atoms with E-state index in [4.69, 9.17) is 9.47 Å². The molecule has 3 saturated heterocycles. The minimum Gasteiger partial charge on any atom is -0.481 e. The number of thiazole rings is 2. The van der Waals surface area contributed by atoms with Crippen molar-refractivity contribution in [1.29, 1.82) is 0 Å². The van der Waals surface area contributed by atoms with Crippen molar-refractivity contribution in [2.75, 3.05) is 61.4 Å². The van der Waals surface area contributed by atoms with Crippen molar-refractivity contribution in [3.8, 4) is 27.3 Å². The Labute approximate surface area is 449 Å². The summed E-state index contributed by atoms with van der Waals surface area (Å²) in [7, 11) is 0. The Morgan fingerprint density at radius 1 is 0.803 bits per heavy atom. The summed E-state index contributed by atoms with van der Waals surface area (Å²) in [6.07, 6.45) is 10.7. The highest BCUT2D eigenvalue weighted by Gasteiger charge is 2.52. The van der Waals surface area contributed by atoms with Gasteiger partial charge in [-0.15, -0.1) is 11.3 Å². The molecule has 19 nitrogen and oxygen atoms in total. The molecule has 5 amide bonds. The van der Waals surface area contributed by atoms with Crippen molar-refractivity contribution in [1.82, 2.24) is 45.4 Å². The first kappa shape index (κ1) is 52.3. The topological polar surface area (TPSA) is 226 Å². The van der Waals surface area contributed by atoms with Crippen molar-refractivity contribution in [3.63, 3.8) is 0 Å². The number of aromatic nitrogens is 5. The average Bonchev–Trinajstić information content (AvgIpc) is 4.18. The van der Waals surface area contributed by atoms with Gasteiger partial charge in [-0.25, -0.2) is 24.7 Å². The lowest BCUT2D eigenvalue weighted by Gasteiger charge is -2.60. The van der Waals surface area contributed by atoms with Gasteiger partial charge >= 0.3 is 6.09 Å². The van der Waals surface area contributed by atoms with Gasteiger partial charge in [-0.3, -0.25) is 34.4 Å². The van der Waals surface area contributed by atoms with Crippen LogP contribution in [-0.4, -0.2) is 129 Å². The Morgan fingerprint density at radius 2 is 1.55 bits per heavy atom. The Bertz CT molecular complexity index is 3100. The number of amides is 5. The molecule has 6 aromatic rings. The van der Waals surface area contributed by atoms with E-state index in [0.717, 1.165) is 94.9 Å². The third kappa shape index (κ3) is 12.1. The number of nitrogens with one attached hydrogen (secondary N) is 4. The summed E-state index contributed by atoms with van der Waals surface area (Å²) in [5, 5.41) is 12.3. The molecule has 2 aromatic carbocycles. The molecule has 1 spiro atoms. The molecule has 4 N–H and O–H groups in total. The number of benzene rings is 2. The van der Waals surface area contributed by atoms with Crippen LogP contribution < -0.4 is 30.9 Å². The number of anilines is 3. The molecule has 10 rings (SSSR count). The standard InChI is InChI=1S/C55H64N12O7S2/c1-33-42(62-53(72)74-39-10-7-6-8-11-39)20-38(23-56-33)37-17-18-41-44(21-37)76-52(61-41)64-45(68)26-65-28-55(29-65)30-66(31-55)51-58-24-40(25-59-51)73-27-46(69)63-48(54(3,4)5)50(71)67-19-9-12-43(67)49(70)57-22-35-13-15-36(16-14-35)47-34(2)60-32-75-47/h13-18,20-21,23-25,32,39,43,48H,6-12,19,22,26-31H2,1-5H3,(H,57,70)(H,62,72)(H,63,69)(H,61,64,68). The van der Waals surface area contributed by atoms with E-state index in [9.17, 15) is 24.0 Å². The first-order valence-corrected chi connectivity index (χ1v) is 27.7. The van der Waals surface area contributed by atoms with Crippen LogP contribution in [0.3, 0.4) is 0 Å². The fourth-order valence-corrected chi connectivity index (χ4v) is 12.3. The lowest BCUT2D eigenvalue weighted by molar-refractivity contribution is -0.144. The van der Waals surface area contributed by atoms with Crippen LogP contribution in [0.25, 0.3) is 31.8 Å². The van der Waals surface area contributed by atoms with Gasteiger partial charge in [0.2, 0.25) is 23.7 Å². The molecular formula is C55H64N12O7S2. The number of ether oxygens (including phenoxy) is 2. The van der Waals surface area contributed by atoms with Crippen LogP contribution in [0.4, 0.5) is 21.6 Å². The van der Waals surface area contributed by atoms with Crippen LogP contribution in [0.15, 0.2) is 72.6 Å². The number of carbonyl (C=O) groups excluding carboxylic acids is 5. The lowest BCUT2D eigenvalue weighted by atomic mass is 9.73. The highest BCUT2D eigenvalue weighted by molar-refractivity contribution is 7.22. The van der Waals surface area contributed by atoms with E-state index in [2.05, 4.69) is 56.0 Å². The number of hydrogen-bond acceptors (Lipinski definition) is 16. The molecule has 4 fully saturated rings. The van der Waals surface area contributed by atoms with E-state index in [1.807, 2.05) is 88.7 Å². The van der Waals surface area contributed by atoms with Crippen LogP contribution in [0.1, 0.15) is 82.7 Å². The molecule has 2 unspecified atom stereocenters. The number of pyridine rings is 1. The van der Waals surface area contributed by atoms with E-state index in [1.54, 1.807) is 22.4 Å². The maximum absolute atomic E-state index is 14.1. The highest BCUT2D eigenvalue weighted by Crippen LogP contribution is 2.41. The summed E-state index contributed by atoms with van der Waals surface area (Å²) in [4.78, 5) is 96.1. The second-order valence-corrected chi connectivity index (χ2v) is 23.5. The van der Waals surface area contributed by atoms with Gasteiger partial charge in [-0.2, -0.15) is 0 Å². The second-order valence-electron chi connectivity index (χ2n) is 21.6. The lowest BCUT2D eigenvalue weighted by Crippen LogP contribution is -2.73. The first-order valence-electron chi connectivity index (χ1n) is 26.0. The number of rotatable bonds is 16.